The van der Waals surface area contributed by atoms with Crippen LogP contribution in [0.5, 0.6) is 0 Å². The predicted molar refractivity (Wildman–Crippen MR) is 95.4 cm³/mol. The minimum atomic E-state index is 0.171. The maximum atomic E-state index is 12.4. The number of hydrogen-bond acceptors (Lipinski definition) is 6. The van der Waals surface area contributed by atoms with E-state index in [0.29, 0.717) is 30.6 Å². The van der Waals surface area contributed by atoms with Crippen LogP contribution in [0.3, 0.4) is 0 Å². The molecule has 7 nitrogen and oxygen atoms in total. The Kier molecular flexibility index (Phi) is 5.53. The minimum absolute atomic E-state index is 0.171. The molecule has 1 fully saturated rings. The molecule has 1 aliphatic rings. The first-order valence-corrected chi connectivity index (χ1v) is 8.76. The number of rotatable bonds is 5. The van der Waals surface area contributed by atoms with Crippen LogP contribution in [-0.2, 0) is 4.79 Å². The summed E-state index contributed by atoms with van der Waals surface area (Å²) < 4.78 is 0. The van der Waals surface area contributed by atoms with Gasteiger partial charge in [0.1, 0.15) is 0 Å². The molecule has 0 aromatic carbocycles. The summed E-state index contributed by atoms with van der Waals surface area (Å²) in [5.74, 6) is 1.93. The van der Waals surface area contributed by atoms with E-state index in [9.17, 15) is 4.79 Å². The van der Waals surface area contributed by atoms with Crippen molar-refractivity contribution in [3.8, 4) is 0 Å². The molecule has 25 heavy (non-hydrogen) atoms. The second-order valence-electron chi connectivity index (χ2n) is 6.76. The molecule has 0 bridgehead atoms. The Labute approximate surface area is 147 Å². The van der Waals surface area contributed by atoms with Crippen molar-refractivity contribution in [2.24, 2.45) is 5.92 Å². The van der Waals surface area contributed by atoms with Crippen LogP contribution in [-0.4, -0.2) is 43.8 Å². The van der Waals surface area contributed by atoms with Crippen molar-refractivity contribution in [2.75, 3.05) is 18.4 Å². The molecule has 1 atom stereocenters. The number of carbonyl (C=O) groups excluding carboxylic acids is 1. The number of nitrogens with one attached hydrogen (secondary N) is 1. The fourth-order valence-electron chi connectivity index (χ4n) is 3.12. The van der Waals surface area contributed by atoms with E-state index in [4.69, 9.17) is 0 Å². The predicted octanol–water partition coefficient (Wildman–Crippen LogP) is 2.76. The van der Waals surface area contributed by atoms with Gasteiger partial charge in [-0.15, -0.1) is 0 Å². The van der Waals surface area contributed by atoms with Crippen LogP contribution >= 0.6 is 0 Å². The normalized spacial score (nSPS) is 17.6. The molecular formula is C18H24N6O. The smallest absolute Gasteiger partial charge is 0.228 e. The van der Waals surface area contributed by atoms with Gasteiger partial charge < -0.3 is 10.2 Å². The summed E-state index contributed by atoms with van der Waals surface area (Å²) in [4.78, 5) is 31.7. The fourth-order valence-corrected chi connectivity index (χ4v) is 3.12. The first-order chi connectivity index (χ1) is 12.1. The monoisotopic (exact) mass is 340 g/mol. The quantitative estimate of drug-likeness (QED) is 0.901. The lowest BCUT2D eigenvalue weighted by atomic mass is 9.93. The molecule has 0 unspecified atom stereocenters. The fraction of sp³-hybridized carbons (Fsp3) is 0.500. The second-order valence-corrected chi connectivity index (χ2v) is 6.76. The number of likely N-dealkylation sites (tertiary alicyclic amines) is 1. The van der Waals surface area contributed by atoms with Gasteiger partial charge in [-0.1, -0.05) is 13.8 Å². The summed E-state index contributed by atoms with van der Waals surface area (Å²) in [5.41, 5.74) is 0.872. The Hall–Kier alpha value is -2.57. The summed E-state index contributed by atoms with van der Waals surface area (Å²) in [6.45, 7) is 5.66. The molecule has 1 amide bonds. The summed E-state index contributed by atoms with van der Waals surface area (Å²) in [7, 11) is 0. The Bertz CT molecular complexity index is 706. The average Bonchev–Trinajstić information content (AvgIpc) is 2.63. The largest absolute Gasteiger partial charge is 0.342 e. The summed E-state index contributed by atoms with van der Waals surface area (Å²) in [6.07, 6.45) is 9.27. The van der Waals surface area contributed by atoms with Gasteiger partial charge in [0, 0.05) is 50.2 Å². The zero-order chi connectivity index (χ0) is 17.6. The van der Waals surface area contributed by atoms with E-state index in [-0.39, 0.29) is 11.8 Å². The molecule has 7 heteroatoms. The topological polar surface area (TPSA) is 83.9 Å². The number of hydrogen-bond donors (Lipinski definition) is 1. The van der Waals surface area contributed by atoms with Crippen LogP contribution in [0.25, 0.3) is 0 Å². The van der Waals surface area contributed by atoms with E-state index in [1.54, 1.807) is 30.9 Å². The van der Waals surface area contributed by atoms with Gasteiger partial charge >= 0.3 is 0 Å². The molecule has 0 spiro atoms. The van der Waals surface area contributed by atoms with Crippen molar-refractivity contribution >= 4 is 17.7 Å². The standard InChI is InChI=1S/C18H24N6O/c1-13(2)11-15(25)24-10-3-5-14(12-24)16-17(20-9-8-19-16)23-18-21-6-4-7-22-18/h4,6-9,13-14H,3,5,10-12H2,1-2H3,(H,20,21,22,23)/t14-/m0/s1. The van der Waals surface area contributed by atoms with E-state index in [1.807, 2.05) is 4.90 Å². The maximum Gasteiger partial charge on any atom is 0.228 e. The number of anilines is 2. The molecular weight excluding hydrogens is 316 g/mol. The highest BCUT2D eigenvalue weighted by Gasteiger charge is 2.28. The van der Waals surface area contributed by atoms with Gasteiger partial charge in [-0.05, 0) is 24.8 Å². The zero-order valence-electron chi connectivity index (χ0n) is 14.7. The molecule has 2 aromatic rings. The van der Waals surface area contributed by atoms with Crippen LogP contribution in [0.2, 0.25) is 0 Å². The molecule has 0 saturated carbocycles. The molecule has 1 N–H and O–H groups in total. The Morgan fingerprint density at radius 3 is 2.72 bits per heavy atom. The van der Waals surface area contributed by atoms with E-state index >= 15 is 0 Å². The lowest BCUT2D eigenvalue weighted by Crippen LogP contribution is -2.39. The third-order valence-electron chi connectivity index (χ3n) is 4.27. The third-order valence-corrected chi connectivity index (χ3v) is 4.27. The van der Waals surface area contributed by atoms with Crippen LogP contribution in [0.15, 0.2) is 30.9 Å². The van der Waals surface area contributed by atoms with Gasteiger partial charge in [-0.2, -0.15) is 0 Å². The van der Waals surface area contributed by atoms with E-state index in [0.717, 1.165) is 25.1 Å². The highest BCUT2D eigenvalue weighted by Crippen LogP contribution is 2.30. The van der Waals surface area contributed by atoms with Crippen molar-refractivity contribution in [1.82, 2.24) is 24.8 Å². The molecule has 132 valence electrons. The Morgan fingerprint density at radius 1 is 1.20 bits per heavy atom. The third kappa shape index (κ3) is 4.49. The van der Waals surface area contributed by atoms with Crippen LogP contribution in [0.4, 0.5) is 11.8 Å². The highest BCUT2D eigenvalue weighted by molar-refractivity contribution is 5.76. The van der Waals surface area contributed by atoms with Crippen LogP contribution in [0, 0.1) is 5.92 Å². The number of aromatic nitrogens is 4. The lowest BCUT2D eigenvalue weighted by molar-refractivity contribution is -0.133. The van der Waals surface area contributed by atoms with E-state index in [2.05, 4.69) is 39.1 Å². The number of piperidine rings is 1. The van der Waals surface area contributed by atoms with Crippen molar-refractivity contribution in [2.45, 2.75) is 39.0 Å². The van der Waals surface area contributed by atoms with Crippen LogP contribution in [0.1, 0.15) is 44.7 Å². The van der Waals surface area contributed by atoms with Gasteiger partial charge in [0.25, 0.3) is 0 Å². The van der Waals surface area contributed by atoms with E-state index in [1.165, 1.54) is 0 Å². The molecule has 1 aliphatic heterocycles. The average molecular weight is 340 g/mol. The van der Waals surface area contributed by atoms with Crippen molar-refractivity contribution < 1.29 is 4.79 Å². The van der Waals surface area contributed by atoms with Crippen molar-refractivity contribution in [3.05, 3.63) is 36.5 Å². The van der Waals surface area contributed by atoms with Gasteiger partial charge in [0.15, 0.2) is 5.82 Å². The first kappa shape index (κ1) is 17.3. The van der Waals surface area contributed by atoms with Gasteiger partial charge in [-0.25, -0.2) is 15.0 Å². The minimum Gasteiger partial charge on any atom is -0.342 e. The molecule has 0 radical (unpaired) electrons. The Balaban J connectivity index is 1.76. The van der Waals surface area contributed by atoms with Crippen LogP contribution < -0.4 is 5.32 Å². The van der Waals surface area contributed by atoms with Gasteiger partial charge in [0.05, 0.1) is 5.69 Å². The second kappa shape index (κ2) is 8.00. The molecule has 0 aliphatic carbocycles. The number of amides is 1. The first-order valence-electron chi connectivity index (χ1n) is 8.76. The summed E-state index contributed by atoms with van der Waals surface area (Å²) in [6, 6.07) is 1.77. The molecule has 1 saturated heterocycles. The maximum absolute atomic E-state index is 12.4. The summed E-state index contributed by atoms with van der Waals surface area (Å²) >= 11 is 0. The SMILES string of the molecule is CC(C)CC(=O)N1CCC[C@H](c2nccnc2Nc2ncccn2)C1. The summed E-state index contributed by atoms with van der Waals surface area (Å²) in [5, 5.41) is 3.15. The molecule has 2 aromatic heterocycles. The highest BCUT2D eigenvalue weighted by atomic mass is 16.2. The van der Waals surface area contributed by atoms with Crippen molar-refractivity contribution in [3.63, 3.8) is 0 Å². The van der Waals surface area contributed by atoms with E-state index < -0.39 is 0 Å². The molecule has 3 rings (SSSR count). The zero-order valence-corrected chi connectivity index (χ0v) is 14.7. The molecule has 3 heterocycles. The van der Waals surface area contributed by atoms with Crippen molar-refractivity contribution in [1.29, 1.82) is 0 Å². The number of carbonyl (C=O) groups is 1. The number of nitrogens with zero attached hydrogens (tertiary/aromatic N) is 5. The lowest BCUT2D eigenvalue weighted by Gasteiger charge is -2.33. The Morgan fingerprint density at radius 2 is 1.96 bits per heavy atom. The van der Waals surface area contributed by atoms with Gasteiger partial charge in [0.2, 0.25) is 11.9 Å². The van der Waals surface area contributed by atoms with Gasteiger partial charge in [-0.3, -0.25) is 9.78 Å².